The van der Waals surface area contributed by atoms with Crippen molar-refractivity contribution in [2.45, 2.75) is 198 Å². The zero-order valence-electron chi connectivity index (χ0n) is 66.3. The molecule has 0 bridgehead atoms. The SMILES string of the molecule is CC(=O)Nc1ccc(C[C@@H](NC(=O)[C@H](Cc2ccc(NC(=O)C[C@@H]3NC(=O)NC3=O)cc2)NC(=O)[C@H](CO)NC(=O)[C@@H](Cc2cccnc2)NC(=O)[C@@H](Cc2ccc(Cl)cc2)NC(=O)[C@@H](Cc2ccc3ccccc3c2)NC(C)=O)C(=O)N[C@@H](CC(C)C)C(=O)N[C@@H](CCCCNC(C)C)C(=O)N2CCC[C@H]2C(=O)N[C@H](C)C(N)=O)cc1. The van der Waals surface area contributed by atoms with Crippen LogP contribution < -0.4 is 80.2 Å². The molecule has 8 rings (SSSR count). The highest BCUT2D eigenvalue weighted by Crippen LogP contribution is 2.24. The molecule has 2 saturated heterocycles. The van der Waals surface area contributed by atoms with E-state index in [-0.39, 0.29) is 75.0 Å². The number of amides is 16. The van der Waals surface area contributed by atoms with Gasteiger partial charge in [0.25, 0.3) is 5.91 Å². The molecule has 0 spiro atoms. The van der Waals surface area contributed by atoms with Gasteiger partial charge in [0.15, 0.2) is 0 Å². The van der Waals surface area contributed by atoms with E-state index in [1.54, 1.807) is 74.5 Å². The molecule has 0 saturated carbocycles. The summed E-state index contributed by atoms with van der Waals surface area (Å²) in [6.07, 6.45) is 3.11. The topological polar surface area (TPSA) is 487 Å². The van der Waals surface area contributed by atoms with Gasteiger partial charge in [-0.25, -0.2) is 4.79 Å². The minimum atomic E-state index is -1.91. The summed E-state index contributed by atoms with van der Waals surface area (Å²) in [5.41, 5.74) is 8.39. The van der Waals surface area contributed by atoms with Crippen molar-refractivity contribution in [2.24, 2.45) is 11.7 Å². The number of aromatic nitrogens is 1. The van der Waals surface area contributed by atoms with Crippen LogP contribution in [0.3, 0.4) is 0 Å². The second-order valence-electron chi connectivity index (χ2n) is 30.0. The minimum Gasteiger partial charge on any atom is -0.394 e. The average Bonchev–Trinajstić information content (AvgIpc) is 1.78. The Hall–Kier alpha value is -12.2. The van der Waals surface area contributed by atoms with Gasteiger partial charge in [-0.05, 0) is 139 Å². The lowest BCUT2D eigenvalue weighted by Gasteiger charge is -2.31. The molecule has 11 atom stereocenters. The van der Waals surface area contributed by atoms with Crippen LogP contribution in [0.25, 0.3) is 10.8 Å². The number of hydrogen-bond acceptors (Lipinski definition) is 18. The third kappa shape index (κ3) is 28.6. The zero-order chi connectivity index (χ0) is 85.0. The third-order valence-corrected chi connectivity index (χ3v) is 19.8. The van der Waals surface area contributed by atoms with E-state index in [1.807, 2.05) is 56.3 Å². The Labute approximate surface area is 682 Å². The van der Waals surface area contributed by atoms with Crippen LogP contribution in [0.5, 0.6) is 0 Å². The van der Waals surface area contributed by atoms with Crippen LogP contribution in [0.4, 0.5) is 16.2 Å². The van der Waals surface area contributed by atoms with Crippen molar-refractivity contribution in [3.05, 3.63) is 173 Å². The maximum Gasteiger partial charge on any atom is 0.322 e. The first-order valence-electron chi connectivity index (χ1n) is 38.9. The first-order chi connectivity index (χ1) is 55.8. The van der Waals surface area contributed by atoms with Crippen molar-refractivity contribution in [1.82, 2.24) is 73.7 Å². The summed E-state index contributed by atoms with van der Waals surface area (Å²) in [5, 5.41) is 50.7. The second kappa shape index (κ2) is 44.0. The molecule has 2 aliphatic heterocycles. The van der Waals surface area contributed by atoms with Crippen LogP contribution in [-0.4, -0.2) is 196 Å². The number of rotatable bonds is 42. The fourth-order valence-corrected chi connectivity index (χ4v) is 13.6. The molecular formula is C83H104ClN17O16. The molecule has 1 aromatic heterocycles. The van der Waals surface area contributed by atoms with Crippen molar-refractivity contribution >= 4 is 122 Å². The smallest absolute Gasteiger partial charge is 0.322 e. The molecule has 33 nitrogen and oxygen atoms in total. The van der Waals surface area contributed by atoms with E-state index in [4.69, 9.17) is 17.3 Å². The van der Waals surface area contributed by atoms with Crippen LogP contribution in [0.1, 0.15) is 121 Å². The van der Waals surface area contributed by atoms with E-state index in [2.05, 4.69) is 79.4 Å². The lowest BCUT2D eigenvalue weighted by molar-refractivity contribution is -0.142. The minimum absolute atomic E-state index is 0.00811. The molecule has 117 heavy (non-hydrogen) atoms. The summed E-state index contributed by atoms with van der Waals surface area (Å²) >= 11 is 6.27. The number of fused-ring (bicyclic) bond motifs is 1. The number of unbranched alkanes of at least 4 members (excludes halogenated alkanes) is 1. The number of carbonyl (C=O) groups excluding carboxylic acids is 15. The molecule has 3 heterocycles. The van der Waals surface area contributed by atoms with Crippen LogP contribution in [0.15, 0.2) is 140 Å². The molecule has 5 aromatic carbocycles. The molecule has 34 heteroatoms. The van der Waals surface area contributed by atoms with Gasteiger partial charge in [-0.15, -0.1) is 0 Å². The predicted octanol–water partition coefficient (Wildman–Crippen LogP) is 1.98. The van der Waals surface area contributed by atoms with Gasteiger partial charge >= 0.3 is 6.03 Å². The summed E-state index contributed by atoms with van der Waals surface area (Å²) in [7, 11) is 0. The molecule has 17 N–H and O–H groups in total. The third-order valence-electron chi connectivity index (χ3n) is 19.5. The first kappa shape index (κ1) is 90.3. The Kier molecular flexibility index (Phi) is 34.0. The monoisotopic (exact) mass is 1630 g/mol. The van der Waals surface area contributed by atoms with E-state index in [1.165, 1.54) is 62.3 Å². The molecule has 624 valence electrons. The normalized spacial score (nSPS) is 16.0. The molecule has 0 radical (unpaired) electrons. The molecule has 2 fully saturated rings. The van der Waals surface area contributed by atoms with Crippen LogP contribution >= 0.6 is 11.6 Å². The van der Waals surface area contributed by atoms with Crippen LogP contribution in [-0.2, 0) is 99.2 Å². The summed E-state index contributed by atoms with van der Waals surface area (Å²) in [6.45, 7) is 11.1. The lowest BCUT2D eigenvalue weighted by Crippen LogP contribution is -2.62. The van der Waals surface area contributed by atoms with Gasteiger partial charge in [0.2, 0.25) is 76.8 Å². The number of halogens is 1. The Morgan fingerprint density at radius 2 is 1.03 bits per heavy atom. The summed E-state index contributed by atoms with van der Waals surface area (Å²) in [6, 6.07) is 18.9. The number of nitrogens with zero attached hydrogens (tertiary/aromatic N) is 2. The Bertz CT molecular complexity index is 4540. The number of aliphatic hydroxyl groups excluding tert-OH is 1. The average molecular weight is 1630 g/mol. The van der Waals surface area contributed by atoms with Crippen molar-refractivity contribution in [3.8, 4) is 0 Å². The number of urea groups is 1. The van der Waals surface area contributed by atoms with E-state index < -0.39 is 169 Å². The van der Waals surface area contributed by atoms with E-state index in [0.717, 1.165) is 10.8 Å². The van der Waals surface area contributed by atoms with E-state index in [9.17, 15) is 62.6 Å². The van der Waals surface area contributed by atoms with Gasteiger partial charge in [0, 0.05) is 87.3 Å². The highest BCUT2D eigenvalue weighted by molar-refractivity contribution is 6.30. The fraction of sp³-hybridized carbons (Fsp3) is 0.422. The molecule has 6 aromatic rings. The number of nitrogens with one attached hydrogen (secondary N) is 14. The van der Waals surface area contributed by atoms with E-state index >= 15 is 14.4 Å². The largest absolute Gasteiger partial charge is 0.394 e. The number of hydrogen-bond donors (Lipinski definition) is 16. The first-order valence-corrected chi connectivity index (χ1v) is 39.3. The maximum absolute atomic E-state index is 15.5. The van der Waals surface area contributed by atoms with Gasteiger partial charge < -0.3 is 84.9 Å². The quantitative estimate of drug-likeness (QED) is 0.0192. The highest BCUT2D eigenvalue weighted by Gasteiger charge is 2.41. The number of anilines is 2. The van der Waals surface area contributed by atoms with Crippen molar-refractivity contribution in [3.63, 3.8) is 0 Å². The standard InChI is InChI=1S/C83H104ClN17O16/c1-46(2)36-62(73(107)92-61(17-10-11-34-87-47(3)4)82(116)101-35-13-18-70(101)81(115)88-48(5)72(85)106)93-75(109)65(39-52-22-29-59(30-23-52)89-49(6)103)95-77(111)66(40-53-24-31-60(32-25-53)91-71(105)43-68-79(113)100-83(117)99-68)97-80(114)69(45-102)98-78(112)67(42-55-14-12-33-86-44-55)96-76(110)64(38-51-20-27-58(84)28-21-51)94-74(108)63(90-50(7)104)41-54-19-26-56-15-8-9-16-57(56)37-54/h8-9,12,14-16,19-33,37,44,46-48,61-70,87,102H,10-11,13,17-18,34-36,38-43,45H2,1-7H3,(H2,85,106)(H,88,115)(H,89,103)(H,90,104)(H,91,105)(H,92,107)(H,93,109)(H,94,108)(H,95,111)(H,96,110)(H,97,114)(H,98,112)(H2,99,100,113,117)/t48-,61+,62+,63-,64-,65-,66+,67-,68+,69+,70+/m1/s1. The molecule has 0 unspecified atom stereocenters. The summed E-state index contributed by atoms with van der Waals surface area (Å²) in [5.74, 6) is -11.2. The maximum atomic E-state index is 15.5. The Balaban J connectivity index is 1.09. The van der Waals surface area contributed by atoms with Gasteiger partial charge in [-0.2, -0.15) is 0 Å². The van der Waals surface area contributed by atoms with Crippen molar-refractivity contribution in [1.29, 1.82) is 0 Å². The van der Waals surface area contributed by atoms with Crippen LogP contribution in [0.2, 0.25) is 5.02 Å². The zero-order valence-corrected chi connectivity index (χ0v) is 67.1. The number of imide groups is 1. The van der Waals surface area contributed by atoms with Crippen molar-refractivity contribution in [2.75, 3.05) is 30.3 Å². The lowest BCUT2D eigenvalue weighted by atomic mass is 9.99. The number of primary amides is 1. The molecule has 0 aliphatic carbocycles. The molecule has 2 aliphatic rings. The number of benzene rings is 5. The Morgan fingerprint density at radius 1 is 0.538 bits per heavy atom. The second-order valence-corrected chi connectivity index (χ2v) is 30.4. The van der Waals surface area contributed by atoms with E-state index in [0.29, 0.717) is 64.3 Å². The fourth-order valence-electron chi connectivity index (χ4n) is 13.4. The van der Waals surface area contributed by atoms with Crippen LogP contribution in [0, 0.1) is 5.92 Å². The number of aliphatic hydroxyl groups is 1. The summed E-state index contributed by atoms with van der Waals surface area (Å²) in [4.78, 5) is 213. The van der Waals surface area contributed by atoms with Gasteiger partial charge in [0.05, 0.1) is 13.0 Å². The van der Waals surface area contributed by atoms with Gasteiger partial charge in [-0.3, -0.25) is 77.4 Å². The summed E-state index contributed by atoms with van der Waals surface area (Å²) < 4.78 is 0. The number of carbonyl (C=O) groups is 15. The highest BCUT2D eigenvalue weighted by atomic mass is 35.5. The van der Waals surface area contributed by atoms with Gasteiger partial charge in [-0.1, -0.05) is 124 Å². The Morgan fingerprint density at radius 3 is 1.53 bits per heavy atom. The molecule has 16 amide bonds. The molecular weight excluding hydrogens is 1530 g/mol. The number of pyridine rings is 1. The predicted molar refractivity (Wildman–Crippen MR) is 435 cm³/mol. The number of nitrogens with two attached hydrogens (primary N) is 1. The number of likely N-dealkylation sites (tertiary alicyclic amines) is 1. The van der Waals surface area contributed by atoms with Gasteiger partial charge in [0.1, 0.15) is 66.5 Å². The van der Waals surface area contributed by atoms with Crippen molar-refractivity contribution < 1.29 is 77.0 Å².